The van der Waals surface area contributed by atoms with Gasteiger partial charge in [0.1, 0.15) is 5.82 Å². The van der Waals surface area contributed by atoms with E-state index in [2.05, 4.69) is 15.5 Å². The van der Waals surface area contributed by atoms with E-state index < -0.39 is 15.9 Å². The Bertz CT molecular complexity index is 1150. The molecule has 0 radical (unpaired) electrons. The number of rotatable bonds is 5. The predicted octanol–water partition coefficient (Wildman–Crippen LogP) is 2.44. The molecule has 156 valence electrons. The topological polar surface area (TPSA) is 95.5 Å². The summed E-state index contributed by atoms with van der Waals surface area (Å²) < 4.78 is 40.9. The Kier molecular flexibility index (Phi) is 5.75. The Morgan fingerprint density at radius 3 is 2.33 bits per heavy atom. The number of carbonyl (C=O) groups is 1. The van der Waals surface area contributed by atoms with E-state index in [1.54, 1.807) is 48.5 Å². The van der Waals surface area contributed by atoms with Crippen molar-refractivity contribution in [2.24, 2.45) is 0 Å². The monoisotopic (exact) mass is 447 g/mol. The van der Waals surface area contributed by atoms with Gasteiger partial charge in [-0.1, -0.05) is 41.7 Å². The minimum Gasteiger partial charge on any atom is -0.367 e. The van der Waals surface area contributed by atoms with Gasteiger partial charge in [0, 0.05) is 31.7 Å². The van der Waals surface area contributed by atoms with Crippen molar-refractivity contribution < 1.29 is 17.6 Å². The van der Waals surface area contributed by atoms with Crippen LogP contribution in [0.4, 0.5) is 15.2 Å². The van der Waals surface area contributed by atoms with Crippen LogP contribution >= 0.6 is 11.3 Å². The molecule has 1 aliphatic rings. The van der Waals surface area contributed by atoms with Gasteiger partial charge < -0.3 is 4.90 Å². The minimum absolute atomic E-state index is 0.104. The molecule has 0 atom stereocenters. The van der Waals surface area contributed by atoms with Gasteiger partial charge in [0.2, 0.25) is 9.47 Å². The number of aromatic nitrogens is 2. The highest BCUT2D eigenvalue weighted by atomic mass is 32.2. The second-order valence-corrected chi connectivity index (χ2v) is 9.62. The molecule has 0 bridgehead atoms. The molecular weight excluding hydrogens is 429 g/mol. The zero-order chi connectivity index (χ0) is 21.1. The van der Waals surface area contributed by atoms with Crippen LogP contribution in [0, 0.1) is 5.82 Å². The fourth-order valence-corrected chi connectivity index (χ4v) is 5.57. The summed E-state index contributed by atoms with van der Waals surface area (Å²) in [5.41, 5.74) is 0.887. The maximum absolute atomic E-state index is 14.0. The lowest BCUT2D eigenvalue weighted by molar-refractivity contribution is 0.102. The zero-order valence-corrected chi connectivity index (χ0v) is 17.4. The maximum Gasteiger partial charge on any atom is 0.272 e. The van der Waals surface area contributed by atoms with Gasteiger partial charge in [-0.3, -0.25) is 10.1 Å². The Labute approximate surface area is 177 Å². The molecular formula is C19H18FN5O3S2. The summed E-state index contributed by atoms with van der Waals surface area (Å²) >= 11 is 0.799. The summed E-state index contributed by atoms with van der Waals surface area (Å²) in [7, 11) is -3.85. The van der Waals surface area contributed by atoms with Crippen molar-refractivity contribution in [1.29, 1.82) is 0 Å². The van der Waals surface area contributed by atoms with Gasteiger partial charge in [0.05, 0.1) is 5.69 Å². The molecule has 1 aliphatic heterocycles. The number of benzene rings is 2. The van der Waals surface area contributed by atoms with Crippen molar-refractivity contribution in [3.63, 3.8) is 0 Å². The molecule has 8 nitrogen and oxygen atoms in total. The van der Waals surface area contributed by atoms with E-state index >= 15 is 0 Å². The number of halogens is 1. The average Bonchev–Trinajstić information content (AvgIpc) is 3.24. The van der Waals surface area contributed by atoms with E-state index in [0.29, 0.717) is 24.3 Å². The van der Waals surface area contributed by atoms with Gasteiger partial charge >= 0.3 is 0 Å². The number of hydrogen-bond donors (Lipinski definition) is 1. The molecule has 2 aromatic carbocycles. The Morgan fingerprint density at radius 1 is 0.967 bits per heavy atom. The summed E-state index contributed by atoms with van der Waals surface area (Å²) in [6.45, 7) is 1.11. The molecule has 0 aliphatic carbocycles. The summed E-state index contributed by atoms with van der Waals surface area (Å²) in [5.74, 6) is -0.731. The van der Waals surface area contributed by atoms with Crippen molar-refractivity contribution in [2.75, 3.05) is 36.4 Å². The first-order chi connectivity index (χ1) is 14.4. The third-order valence-corrected chi connectivity index (χ3v) is 7.74. The number of amides is 1. The lowest BCUT2D eigenvalue weighted by atomic mass is 10.2. The quantitative estimate of drug-likeness (QED) is 0.604. The second kappa shape index (κ2) is 8.46. The van der Waals surface area contributed by atoms with Crippen LogP contribution in [0.3, 0.4) is 0 Å². The van der Waals surface area contributed by atoms with E-state index in [-0.39, 0.29) is 28.4 Å². The van der Waals surface area contributed by atoms with Crippen LogP contribution in [0.25, 0.3) is 0 Å². The number of piperazine rings is 1. The SMILES string of the molecule is O=C(Nc1nnc(S(=O)(=O)N2CCN(c3ccccc3F)CC2)s1)c1ccccc1. The smallest absolute Gasteiger partial charge is 0.272 e. The van der Waals surface area contributed by atoms with E-state index in [4.69, 9.17) is 0 Å². The number of carbonyl (C=O) groups excluding carboxylic acids is 1. The molecule has 4 rings (SSSR count). The van der Waals surface area contributed by atoms with Gasteiger partial charge in [0.25, 0.3) is 15.9 Å². The Hall–Kier alpha value is -2.89. The normalized spacial score (nSPS) is 15.2. The third kappa shape index (κ3) is 4.18. The maximum atomic E-state index is 14.0. The molecule has 30 heavy (non-hydrogen) atoms. The molecule has 0 unspecified atom stereocenters. The number of hydrogen-bond acceptors (Lipinski definition) is 7. The standard InChI is InChI=1S/C19H18FN5O3S2/c20-15-8-4-5-9-16(15)24-10-12-25(13-11-24)30(27,28)19-23-22-18(29-19)21-17(26)14-6-2-1-3-7-14/h1-9H,10-13H2,(H,21,22,26). The van der Waals surface area contributed by atoms with Crippen molar-refractivity contribution in [1.82, 2.24) is 14.5 Å². The lowest BCUT2D eigenvalue weighted by Gasteiger charge is -2.34. The van der Waals surface area contributed by atoms with Crippen LogP contribution < -0.4 is 10.2 Å². The van der Waals surface area contributed by atoms with Gasteiger partial charge in [-0.25, -0.2) is 12.8 Å². The van der Waals surface area contributed by atoms with E-state index in [1.807, 2.05) is 4.90 Å². The minimum atomic E-state index is -3.85. The molecule has 3 aromatic rings. The average molecular weight is 448 g/mol. The second-order valence-electron chi connectivity index (χ2n) is 6.54. The molecule has 1 amide bonds. The van der Waals surface area contributed by atoms with Crippen LogP contribution in [0.15, 0.2) is 58.9 Å². The van der Waals surface area contributed by atoms with E-state index in [1.165, 1.54) is 10.4 Å². The van der Waals surface area contributed by atoms with Crippen molar-refractivity contribution in [3.05, 3.63) is 66.0 Å². The first kappa shape index (κ1) is 20.4. The number of nitrogens with zero attached hydrogens (tertiary/aromatic N) is 4. The summed E-state index contributed by atoms with van der Waals surface area (Å²) in [4.78, 5) is 14.0. The molecule has 11 heteroatoms. The van der Waals surface area contributed by atoms with Crippen molar-refractivity contribution in [3.8, 4) is 0 Å². The molecule has 1 aromatic heterocycles. The van der Waals surface area contributed by atoms with Crippen LogP contribution in [0.1, 0.15) is 10.4 Å². The van der Waals surface area contributed by atoms with Crippen molar-refractivity contribution in [2.45, 2.75) is 4.34 Å². The third-order valence-electron chi connectivity index (χ3n) is 4.66. The van der Waals surface area contributed by atoms with Crippen LogP contribution in [-0.2, 0) is 10.0 Å². The zero-order valence-electron chi connectivity index (χ0n) is 15.7. The molecule has 1 fully saturated rings. The molecule has 1 N–H and O–H groups in total. The van der Waals surface area contributed by atoms with Gasteiger partial charge in [0.15, 0.2) is 0 Å². The highest BCUT2D eigenvalue weighted by Crippen LogP contribution is 2.26. The van der Waals surface area contributed by atoms with Crippen molar-refractivity contribution >= 4 is 38.1 Å². The van der Waals surface area contributed by atoms with Crippen LogP contribution in [-0.4, -0.2) is 55.0 Å². The number of para-hydroxylation sites is 1. The first-order valence-corrected chi connectivity index (χ1v) is 11.4. The fourth-order valence-electron chi connectivity index (χ4n) is 3.11. The number of anilines is 2. The van der Waals surface area contributed by atoms with Gasteiger partial charge in [-0.2, -0.15) is 4.31 Å². The van der Waals surface area contributed by atoms with Crippen LogP contribution in [0.2, 0.25) is 0 Å². The highest BCUT2D eigenvalue weighted by Gasteiger charge is 2.32. The summed E-state index contributed by atoms with van der Waals surface area (Å²) in [5, 5.41) is 10.2. The molecule has 1 saturated heterocycles. The summed E-state index contributed by atoms with van der Waals surface area (Å²) in [6, 6.07) is 14.9. The number of sulfonamides is 1. The molecule has 2 heterocycles. The Morgan fingerprint density at radius 2 is 1.63 bits per heavy atom. The molecule has 0 spiro atoms. The Balaban J connectivity index is 1.42. The summed E-state index contributed by atoms with van der Waals surface area (Å²) in [6.07, 6.45) is 0. The highest BCUT2D eigenvalue weighted by molar-refractivity contribution is 7.91. The van der Waals surface area contributed by atoms with E-state index in [9.17, 15) is 17.6 Å². The largest absolute Gasteiger partial charge is 0.367 e. The first-order valence-electron chi connectivity index (χ1n) is 9.15. The lowest BCUT2D eigenvalue weighted by Crippen LogP contribution is -2.48. The van der Waals surface area contributed by atoms with Gasteiger partial charge in [-0.15, -0.1) is 10.2 Å². The predicted molar refractivity (Wildman–Crippen MR) is 112 cm³/mol. The van der Waals surface area contributed by atoms with Crippen LogP contribution in [0.5, 0.6) is 0 Å². The number of nitrogens with one attached hydrogen (secondary N) is 1. The molecule has 0 saturated carbocycles. The fraction of sp³-hybridized carbons (Fsp3) is 0.211. The van der Waals surface area contributed by atoms with E-state index in [0.717, 1.165) is 11.3 Å². The van der Waals surface area contributed by atoms with Gasteiger partial charge in [-0.05, 0) is 24.3 Å².